The van der Waals surface area contributed by atoms with Crippen LogP contribution in [0.2, 0.25) is 0 Å². The highest BCUT2D eigenvalue weighted by atomic mass is 19.1. The number of carbonyl (C=O) groups is 3. The first-order chi connectivity index (χ1) is 36.5. The normalized spacial score (nSPS) is 20.9. The second-order valence-corrected chi connectivity index (χ2v) is 21.5. The number of benzene rings is 3. The first-order valence-electron chi connectivity index (χ1n) is 27.2. The molecule has 17 heteroatoms. The van der Waals surface area contributed by atoms with Crippen LogP contribution in [-0.2, 0) is 21.4 Å². The van der Waals surface area contributed by atoms with Crippen LogP contribution in [0.3, 0.4) is 0 Å². The molecule has 5 fully saturated rings. The van der Waals surface area contributed by atoms with Crippen molar-refractivity contribution in [2.24, 2.45) is 7.05 Å². The molecular formula is C58H66F2N10O5. The van der Waals surface area contributed by atoms with E-state index in [0.29, 0.717) is 66.9 Å². The Labute approximate surface area is 435 Å². The first kappa shape index (κ1) is 50.4. The third-order valence-corrected chi connectivity index (χ3v) is 16.6. The summed E-state index contributed by atoms with van der Waals surface area (Å²) in [6.07, 6.45) is 21.9. The highest BCUT2D eigenvalue weighted by molar-refractivity contribution is 6.04. The van der Waals surface area contributed by atoms with Crippen molar-refractivity contribution in [1.29, 1.82) is 0 Å². The van der Waals surface area contributed by atoms with Gasteiger partial charge in [0.2, 0.25) is 17.7 Å². The molecule has 15 nitrogen and oxygen atoms in total. The fourth-order valence-corrected chi connectivity index (χ4v) is 12.5. The van der Waals surface area contributed by atoms with Crippen molar-refractivity contribution >= 4 is 56.1 Å². The molecule has 3 unspecified atom stereocenters. The fourth-order valence-electron chi connectivity index (χ4n) is 12.5. The number of aromatic nitrogens is 5. The summed E-state index contributed by atoms with van der Waals surface area (Å²) in [7, 11) is 1.90. The van der Waals surface area contributed by atoms with Crippen molar-refractivity contribution in [2.45, 2.75) is 133 Å². The standard InChI is InChI=1S/C58H66F2N10O5/c1-3-42-47(59)18-13-37-29-40(71)31-45(51(37)42)54-52(60)55-46(32-61-54)56(70-33-38-14-15-39(34-70)62-38)65-58(64-55)75-41-22-25-68(26-23-41)24-10-8-6-4-5-7-9-11-50(73)69-27-20-35(21-28-69)36-12-16-43-48(30-36)67(2)66-53(43)44-17-19-49(72)63-57(44)74/h1,12-13,16,18,29-32,35,38-39,41,44,62,71H,4-11,14-15,17,19-28,33-34H2,2H3,(H,63,72,74). The number of nitrogens with one attached hydrogen (secondary N) is 2. The number of anilines is 1. The number of nitrogens with zero attached hydrogens (tertiary/aromatic N) is 8. The molecule has 5 aliphatic heterocycles. The molecule has 2 bridgehead atoms. The number of phenols is 1. The number of aryl methyl sites for hydroxylation is 1. The first-order valence-corrected chi connectivity index (χ1v) is 27.2. The number of amides is 3. The van der Waals surface area contributed by atoms with E-state index in [1.807, 2.05) is 16.6 Å². The molecule has 0 spiro atoms. The zero-order valence-corrected chi connectivity index (χ0v) is 42.8. The van der Waals surface area contributed by atoms with Crippen LogP contribution in [0.1, 0.15) is 131 Å². The predicted octanol–water partition coefficient (Wildman–Crippen LogP) is 8.53. The molecular weight excluding hydrogens is 955 g/mol. The lowest BCUT2D eigenvalue weighted by Crippen LogP contribution is -2.51. The number of piperidine rings is 3. The Kier molecular flexibility index (Phi) is 14.7. The van der Waals surface area contributed by atoms with Crippen molar-refractivity contribution in [3.63, 3.8) is 0 Å². The number of imide groups is 1. The lowest BCUT2D eigenvalue weighted by Gasteiger charge is -2.35. The molecule has 392 valence electrons. The van der Waals surface area contributed by atoms with E-state index in [9.17, 15) is 19.5 Å². The van der Waals surface area contributed by atoms with Gasteiger partial charge in [-0.15, -0.1) is 6.42 Å². The van der Waals surface area contributed by atoms with Gasteiger partial charge in [-0.25, -0.2) is 8.78 Å². The number of aromatic hydroxyl groups is 1. The molecule has 11 rings (SSSR count). The second-order valence-electron chi connectivity index (χ2n) is 21.5. The lowest BCUT2D eigenvalue weighted by molar-refractivity contribution is -0.134. The minimum atomic E-state index is -0.726. The molecule has 3 amide bonds. The van der Waals surface area contributed by atoms with Crippen LogP contribution in [-0.4, -0.2) is 121 Å². The van der Waals surface area contributed by atoms with E-state index in [0.717, 1.165) is 114 Å². The van der Waals surface area contributed by atoms with Gasteiger partial charge in [-0.3, -0.25) is 29.4 Å². The van der Waals surface area contributed by atoms with Crippen molar-refractivity contribution in [3.05, 3.63) is 77.1 Å². The molecule has 3 aromatic carbocycles. The van der Waals surface area contributed by atoms with Gasteiger partial charge < -0.3 is 29.9 Å². The Balaban J connectivity index is 0.619. The number of carbonyl (C=O) groups excluding carboxylic acids is 3. The number of terminal acetylenes is 1. The van der Waals surface area contributed by atoms with E-state index >= 15 is 8.78 Å². The molecule has 3 N–H and O–H groups in total. The highest BCUT2D eigenvalue weighted by Crippen LogP contribution is 2.40. The summed E-state index contributed by atoms with van der Waals surface area (Å²) in [5, 5.41) is 23.6. The Hall–Kier alpha value is -6.77. The zero-order chi connectivity index (χ0) is 51.7. The Morgan fingerprint density at radius 1 is 0.867 bits per heavy atom. The summed E-state index contributed by atoms with van der Waals surface area (Å²) < 4.78 is 40.4. The number of hydrogen-bond donors (Lipinski definition) is 3. The molecule has 6 aromatic rings. The van der Waals surface area contributed by atoms with Crippen molar-refractivity contribution in [3.8, 4) is 35.4 Å². The van der Waals surface area contributed by atoms with Crippen LogP contribution in [0.5, 0.6) is 11.8 Å². The fraction of sp³-hybridized carbons (Fsp3) is 0.500. The number of phenolic OH excluding ortho intramolecular Hbond substituents is 1. The van der Waals surface area contributed by atoms with Crippen LogP contribution >= 0.6 is 0 Å². The van der Waals surface area contributed by atoms with Gasteiger partial charge in [0.25, 0.3) is 0 Å². The topological polar surface area (TPSA) is 171 Å². The number of hydrogen-bond acceptors (Lipinski definition) is 12. The van der Waals surface area contributed by atoms with Gasteiger partial charge in [-0.1, -0.05) is 56.2 Å². The maximum atomic E-state index is 17.1. The van der Waals surface area contributed by atoms with E-state index in [2.05, 4.69) is 49.5 Å². The Bertz CT molecular complexity index is 3180. The maximum absolute atomic E-state index is 17.1. The van der Waals surface area contributed by atoms with Crippen LogP contribution in [0.15, 0.2) is 48.7 Å². The number of halogens is 2. The SMILES string of the molecule is C#Cc1c(F)ccc2cc(O)cc(-c3ncc4c(N5CC6CCC(C5)N6)nc(OC5CCN(CCCCCCCCCC(=O)N6CCC(c7ccc8c(C9CCC(=O)NC9=O)nn(C)c8c7)CC6)CC5)nc4c3F)c12. The smallest absolute Gasteiger partial charge is 0.319 e. The molecule has 0 aliphatic carbocycles. The Morgan fingerprint density at radius 2 is 1.61 bits per heavy atom. The lowest BCUT2D eigenvalue weighted by atomic mass is 9.87. The number of pyridine rings is 1. The van der Waals surface area contributed by atoms with E-state index in [1.165, 1.54) is 49.1 Å². The minimum absolute atomic E-state index is 0.0366. The summed E-state index contributed by atoms with van der Waals surface area (Å²) >= 11 is 0. The number of likely N-dealkylation sites (tertiary alicyclic amines) is 2. The van der Waals surface area contributed by atoms with Gasteiger partial charge in [-0.2, -0.15) is 15.1 Å². The molecule has 5 saturated heterocycles. The maximum Gasteiger partial charge on any atom is 0.319 e. The van der Waals surface area contributed by atoms with Crippen molar-refractivity contribution in [2.75, 3.05) is 50.7 Å². The number of unbranched alkanes of at least 4 members (excludes halogenated alkanes) is 6. The summed E-state index contributed by atoms with van der Waals surface area (Å²) in [5.41, 5.74) is 3.02. The number of ether oxygens (including phenoxy) is 1. The van der Waals surface area contributed by atoms with E-state index < -0.39 is 17.6 Å². The summed E-state index contributed by atoms with van der Waals surface area (Å²) in [4.78, 5) is 58.4. The zero-order valence-electron chi connectivity index (χ0n) is 42.8. The highest BCUT2D eigenvalue weighted by Gasteiger charge is 2.36. The van der Waals surface area contributed by atoms with Crippen LogP contribution in [0, 0.1) is 24.0 Å². The van der Waals surface area contributed by atoms with Gasteiger partial charge in [-0.05, 0) is 105 Å². The van der Waals surface area contributed by atoms with Gasteiger partial charge in [0, 0.05) is 93.8 Å². The van der Waals surface area contributed by atoms with Gasteiger partial charge in [0.1, 0.15) is 34.7 Å². The molecule has 3 atom stereocenters. The number of fused-ring (bicyclic) bond motifs is 5. The average molecular weight is 1020 g/mol. The number of rotatable bonds is 16. The summed E-state index contributed by atoms with van der Waals surface area (Å²) in [6.45, 7) is 5.74. The van der Waals surface area contributed by atoms with E-state index in [4.69, 9.17) is 26.2 Å². The summed E-state index contributed by atoms with van der Waals surface area (Å²) in [6, 6.07) is 12.7. The van der Waals surface area contributed by atoms with Crippen LogP contribution in [0.25, 0.3) is 43.8 Å². The third-order valence-electron chi connectivity index (χ3n) is 16.6. The molecule has 3 aromatic heterocycles. The quantitative estimate of drug-likeness (QED) is 0.0481. The van der Waals surface area contributed by atoms with Crippen LogP contribution < -0.4 is 20.3 Å². The summed E-state index contributed by atoms with van der Waals surface area (Å²) in [5.74, 6) is 1.20. The van der Waals surface area contributed by atoms with Gasteiger partial charge in [0.15, 0.2) is 5.82 Å². The van der Waals surface area contributed by atoms with Gasteiger partial charge >= 0.3 is 6.01 Å². The average Bonchev–Trinajstić information content (AvgIpc) is 3.93. The molecule has 0 radical (unpaired) electrons. The molecule has 5 aliphatic rings. The largest absolute Gasteiger partial charge is 0.508 e. The van der Waals surface area contributed by atoms with E-state index in [1.54, 1.807) is 6.20 Å². The Morgan fingerprint density at radius 3 is 2.36 bits per heavy atom. The molecule has 8 heterocycles. The predicted molar refractivity (Wildman–Crippen MR) is 283 cm³/mol. The molecule has 0 saturated carbocycles. The van der Waals surface area contributed by atoms with Crippen molar-refractivity contribution < 1.29 is 33.0 Å². The number of piperazine rings is 1. The minimum Gasteiger partial charge on any atom is -0.508 e. The second kappa shape index (κ2) is 21.8. The van der Waals surface area contributed by atoms with E-state index in [-0.39, 0.29) is 63.3 Å². The van der Waals surface area contributed by atoms with Crippen LogP contribution in [0.4, 0.5) is 14.6 Å². The van der Waals surface area contributed by atoms with Crippen molar-refractivity contribution in [1.82, 2.24) is 45.2 Å². The monoisotopic (exact) mass is 1020 g/mol. The molecule has 75 heavy (non-hydrogen) atoms. The third kappa shape index (κ3) is 10.6. The van der Waals surface area contributed by atoms with Gasteiger partial charge in [0.05, 0.1) is 28.1 Å².